The lowest BCUT2D eigenvalue weighted by Crippen LogP contribution is -2.49. The van der Waals surface area contributed by atoms with Crippen LogP contribution >= 0.6 is 0 Å². The smallest absolute Gasteiger partial charge is 0.380 e. The number of pyridine rings is 1. The number of halogens is 4. The van der Waals surface area contributed by atoms with Crippen molar-refractivity contribution in [1.82, 2.24) is 20.1 Å². The Hall–Kier alpha value is -3.91. The van der Waals surface area contributed by atoms with E-state index >= 15 is 0 Å². The molecule has 51 heavy (non-hydrogen) atoms. The summed E-state index contributed by atoms with van der Waals surface area (Å²) in [6, 6.07) is 15.8. The summed E-state index contributed by atoms with van der Waals surface area (Å²) >= 11 is 0. The Labute approximate surface area is 295 Å². The molecule has 2 aliphatic heterocycles. The molecule has 8 nitrogen and oxygen atoms in total. The Bertz CT molecular complexity index is 1970. The van der Waals surface area contributed by atoms with Crippen LogP contribution in [0.2, 0.25) is 0 Å². The second-order valence-corrected chi connectivity index (χ2v) is 15.5. The number of carbonyl (C=O) groups excluding carboxylic acids is 1. The molecule has 1 aromatic heterocycles. The third kappa shape index (κ3) is 8.43. The van der Waals surface area contributed by atoms with Gasteiger partial charge in [-0.05, 0) is 80.7 Å². The van der Waals surface area contributed by atoms with E-state index in [1.807, 2.05) is 0 Å². The molecule has 1 N–H and O–H groups in total. The first-order valence-electron chi connectivity index (χ1n) is 17.1. The number of nitrogens with one attached hydrogen (secondary N) is 1. The number of amides is 1. The van der Waals surface area contributed by atoms with Gasteiger partial charge in [-0.3, -0.25) is 14.6 Å². The van der Waals surface area contributed by atoms with Gasteiger partial charge in [-0.15, -0.1) is 0 Å². The van der Waals surface area contributed by atoms with Crippen LogP contribution in [0.5, 0.6) is 0 Å². The molecule has 2 saturated heterocycles. The minimum atomic E-state index is -4.84. The van der Waals surface area contributed by atoms with Crippen LogP contribution in [0.3, 0.4) is 0 Å². The number of hydrogen-bond acceptors (Lipinski definition) is 7. The van der Waals surface area contributed by atoms with Gasteiger partial charge in [-0.1, -0.05) is 48.5 Å². The highest BCUT2D eigenvalue weighted by molar-refractivity contribution is 7.90. The third-order valence-electron chi connectivity index (χ3n) is 10.0. The number of sulfone groups is 1. The van der Waals surface area contributed by atoms with Crippen LogP contribution < -0.4 is 5.32 Å². The Morgan fingerprint density at radius 1 is 1.00 bits per heavy atom. The average molecular weight is 727 g/mol. The van der Waals surface area contributed by atoms with Crippen molar-refractivity contribution in [1.29, 1.82) is 0 Å². The predicted octanol–water partition coefficient (Wildman–Crippen LogP) is 6.88. The number of aromatic nitrogens is 1. The van der Waals surface area contributed by atoms with Gasteiger partial charge in [0.15, 0.2) is 15.9 Å². The number of alkyl halides is 4. The van der Waals surface area contributed by atoms with Crippen molar-refractivity contribution >= 4 is 26.6 Å². The molecule has 0 radical (unpaired) electrons. The van der Waals surface area contributed by atoms with Gasteiger partial charge in [0.2, 0.25) is 0 Å². The van der Waals surface area contributed by atoms with Crippen molar-refractivity contribution in [3.63, 3.8) is 0 Å². The lowest BCUT2D eigenvalue weighted by atomic mass is 9.93. The van der Waals surface area contributed by atoms with Crippen LogP contribution in [0.4, 0.5) is 17.6 Å². The number of likely N-dealkylation sites (tertiary alicyclic amines) is 2. The molecule has 6 rings (SSSR count). The minimum absolute atomic E-state index is 0.0996. The largest absolute Gasteiger partial charge is 0.412 e. The molecule has 0 bridgehead atoms. The van der Waals surface area contributed by atoms with E-state index in [2.05, 4.69) is 15.1 Å². The normalized spacial score (nSPS) is 18.9. The first-order valence-corrected chi connectivity index (χ1v) is 19.0. The summed E-state index contributed by atoms with van der Waals surface area (Å²) in [5.41, 5.74) is 1.49. The number of ether oxygens (including phenoxy) is 1. The van der Waals surface area contributed by atoms with E-state index in [1.165, 1.54) is 42.5 Å². The zero-order valence-electron chi connectivity index (χ0n) is 28.6. The van der Waals surface area contributed by atoms with Gasteiger partial charge in [0, 0.05) is 49.0 Å². The number of nitrogens with zero attached hydrogens (tertiary/aromatic N) is 3. The fraction of sp³-hybridized carbons (Fsp3) is 0.421. The van der Waals surface area contributed by atoms with Crippen LogP contribution in [0.1, 0.15) is 58.8 Å². The lowest BCUT2D eigenvalue weighted by molar-refractivity contribution is -0.155. The standard InChI is InChI=1S/C38H42F4N4O4S/c1-50-29-12-7-17-46(23-29)28-15-18-45(19-16-28)24-32-34(37(47)44-36(38(40,41)42)26-9-4-3-5-10-26)31-21-30(51(2,48)49)13-14-33(31)43-35(32)27-11-6-8-25(20-27)22-39/h3-6,8-11,13-14,20-21,28-29,36H,7,12,15-19,22-24H2,1-2H3,(H,44,47)/t29?,36-/m1/s1. The van der Waals surface area contributed by atoms with Crippen molar-refractivity contribution in [3.8, 4) is 11.3 Å². The van der Waals surface area contributed by atoms with Gasteiger partial charge in [-0.2, -0.15) is 13.2 Å². The fourth-order valence-electron chi connectivity index (χ4n) is 7.33. The Kier molecular flexibility index (Phi) is 11.1. The molecule has 0 spiro atoms. The maximum atomic E-state index is 14.6. The first-order chi connectivity index (χ1) is 24.4. The number of methoxy groups -OCH3 is 1. The summed E-state index contributed by atoms with van der Waals surface area (Å²) in [6.45, 7) is 2.56. The number of rotatable bonds is 10. The number of hydrogen-bond donors (Lipinski definition) is 1. The fourth-order valence-corrected chi connectivity index (χ4v) is 7.97. The van der Waals surface area contributed by atoms with Gasteiger partial charge in [0.1, 0.15) is 6.67 Å². The van der Waals surface area contributed by atoms with Crippen LogP contribution in [-0.2, 0) is 27.8 Å². The maximum Gasteiger partial charge on any atom is 0.412 e. The Morgan fingerprint density at radius 2 is 1.75 bits per heavy atom. The van der Waals surface area contributed by atoms with Crippen LogP contribution in [0, 0.1) is 0 Å². The molecule has 2 atom stereocenters. The van der Waals surface area contributed by atoms with Crippen LogP contribution in [0.25, 0.3) is 22.2 Å². The molecule has 4 aromatic rings. The Balaban J connectivity index is 1.47. The topological polar surface area (TPSA) is 91.8 Å². The number of fused-ring (bicyclic) bond motifs is 1. The second-order valence-electron chi connectivity index (χ2n) is 13.5. The molecular weight excluding hydrogens is 685 g/mol. The van der Waals surface area contributed by atoms with Gasteiger partial charge >= 0.3 is 6.18 Å². The van der Waals surface area contributed by atoms with E-state index in [0.29, 0.717) is 41.5 Å². The zero-order chi connectivity index (χ0) is 36.3. The molecule has 272 valence electrons. The van der Waals surface area contributed by atoms with Crippen molar-refractivity contribution in [2.75, 3.05) is 39.5 Å². The van der Waals surface area contributed by atoms with E-state index in [-0.39, 0.29) is 39.6 Å². The van der Waals surface area contributed by atoms with Gasteiger partial charge in [0.25, 0.3) is 5.91 Å². The van der Waals surface area contributed by atoms with E-state index in [0.717, 1.165) is 45.0 Å². The predicted molar refractivity (Wildman–Crippen MR) is 188 cm³/mol. The lowest BCUT2D eigenvalue weighted by Gasteiger charge is -2.42. The van der Waals surface area contributed by atoms with Gasteiger partial charge in [0.05, 0.1) is 27.8 Å². The van der Waals surface area contributed by atoms with Crippen LogP contribution in [-0.4, -0.2) is 87.0 Å². The summed E-state index contributed by atoms with van der Waals surface area (Å²) in [5.74, 6) is -1.02. The zero-order valence-corrected chi connectivity index (χ0v) is 29.4. The molecule has 2 fully saturated rings. The van der Waals surface area contributed by atoms with Crippen molar-refractivity contribution in [3.05, 3.63) is 95.1 Å². The van der Waals surface area contributed by atoms with Crippen LogP contribution in [0.15, 0.2) is 77.7 Å². The highest BCUT2D eigenvalue weighted by Crippen LogP contribution is 2.37. The Morgan fingerprint density at radius 3 is 2.41 bits per heavy atom. The first kappa shape index (κ1) is 36.9. The molecule has 13 heteroatoms. The van der Waals surface area contributed by atoms with E-state index in [9.17, 15) is 30.8 Å². The van der Waals surface area contributed by atoms with Crippen molar-refractivity contribution in [2.24, 2.45) is 0 Å². The molecule has 0 saturated carbocycles. The number of carbonyl (C=O) groups is 1. The summed E-state index contributed by atoms with van der Waals surface area (Å²) in [6.07, 6.45) is 0.140. The van der Waals surface area contributed by atoms with E-state index < -0.39 is 34.6 Å². The summed E-state index contributed by atoms with van der Waals surface area (Å²) in [4.78, 5) is 23.8. The summed E-state index contributed by atoms with van der Waals surface area (Å²) in [5, 5.41) is 2.35. The van der Waals surface area contributed by atoms with E-state index in [4.69, 9.17) is 9.72 Å². The molecule has 2 aliphatic rings. The van der Waals surface area contributed by atoms with Crippen molar-refractivity contribution in [2.45, 2.75) is 68.2 Å². The quantitative estimate of drug-likeness (QED) is 0.178. The minimum Gasteiger partial charge on any atom is -0.380 e. The molecule has 0 aliphatic carbocycles. The third-order valence-corrected chi connectivity index (χ3v) is 11.1. The molecule has 1 unspecified atom stereocenters. The number of piperidine rings is 2. The maximum absolute atomic E-state index is 14.6. The molecular formula is C38H42F4N4O4S. The van der Waals surface area contributed by atoms with Gasteiger partial charge < -0.3 is 10.1 Å². The SMILES string of the molecule is COC1CCCN(C2CCN(Cc3c(-c4cccc(CF)c4)nc4ccc(S(C)(=O)=O)cc4c3C(=O)N[C@H](c3ccccc3)C(F)(F)F)CC2)C1. The van der Waals surface area contributed by atoms with Gasteiger partial charge in [-0.25, -0.2) is 17.8 Å². The highest BCUT2D eigenvalue weighted by atomic mass is 32.2. The summed E-state index contributed by atoms with van der Waals surface area (Å²) < 4.78 is 88.7. The van der Waals surface area contributed by atoms with Crippen molar-refractivity contribution < 1.29 is 35.5 Å². The molecule has 1 amide bonds. The number of benzene rings is 3. The molecule has 3 heterocycles. The highest BCUT2D eigenvalue weighted by Gasteiger charge is 2.42. The monoisotopic (exact) mass is 726 g/mol. The second kappa shape index (κ2) is 15.4. The molecule has 3 aromatic carbocycles. The van der Waals surface area contributed by atoms with E-state index in [1.54, 1.807) is 37.4 Å². The average Bonchev–Trinajstić information content (AvgIpc) is 3.13. The summed E-state index contributed by atoms with van der Waals surface area (Å²) in [7, 11) is -2.03.